The normalized spacial score (nSPS) is 26.2. The highest BCUT2D eigenvalue weighted by Gasteiger charge is 2.36. The molecule has 1 amide bonds. The van der Waals surface area contributed by atoms with E-state index in [1.54, 1.807) is 0 Å². The minimum atomic E-state index is 0.0796. The quantitative estimate of drug-likeness (QED) is 0.939. The van der Waals surface area contributed by atoms with Gasteiger partial charge in [-0.2, -0.15) is 4.98 Å². The molecule has 3 heterocycles. The molecule has 2 aliphatic heterocycles. The first kappa shape index (κ1) is 14.4. The Kier molecular flexibility index (Phi) is 3.61. The van der Waals surface area contributed by atoms with Gasteiger partial charge in [-0.25, -0.2) is 0 Å². The number of hydrogen-bond donors (Lipinski definition) is 1. The lowest BCUT2D eigenvalue weighted by atomic mass is 9.98. The maximum atomic E-state index is 12.7. The molecule has 120 valence electrons. The molecule has 0 saturated carbocycles. The Hall–Kier alpha value is -2.21. The smallest absolute Gasteiger partial charge is 0.253 e. The van der Waals surface area contributed by atoms with Gasteiger partial charge in [0.1, 0.15) is 0 Å². The number of hydrogen-bond acceptors (Lipinski definition) is 5. The molecule has 2 aromatic rings. The molecule has 2 saturated heterocycles. The molecule has 4 rings (SSSR count). The van der Waals surface area contributed by atoms with E-state index in [9.17, 15) is 4.79 Å². The van der Waals surface area contributed by atoms with Crippen molar-refractivity contribution in [1.29, 1.82) is 0 Å². The zero-order valence-corrected chi connectivity index (χ0v) is 13.1. The lowest BCUT2D eigenvalue weighted by Crippen LogP contribution is -2.48. The van der Waals surface area contributed by atoms with E-state index in [0.29, 0.717) is 29.5 Å². The van der Waals surface area contributed by atoms with Gasteiger partial charge >= 0.3 is 0 Å². The number of carbonyl (C=O) groups excluding carboxylic acids is 1. The van der Waals surface area contributed by atoms with E-state index in [-0.39, 0.29) is 5.91 Å². The summed E-state index contributed by atoms with van der Waals surface area (Å²) in [5.41, 5.74) is 1.54. The number of piperidine rings is 1. The van der Waals surface area contributed by atoms with Crippen LogP contribution in [-0.2, 0) is 0 Å². The van der Waals surface area contributed by atoms with Crippen molar-refractivity contribution < 1.29 is 9.32 Å². The number of benzene rings is 1. The third-order valence-electron chi connectivity index (χ3n) is 5.07. The van der Waals surface area contributed by atoms with Gasteiger partial charge in [-0.1, -0.05) is 17.3 Å². The van der Waals surface area contributed by atoms with Crippen LogP contribution in [-0.4, -0.2) is 46.1 Å². The molecule has 2 unspecified atom stereocenters. The molecule has 0 spiro atoms. The lowest BCUT2D eigenvalue weighted by Gasteiger charge is -2.35. The van der Waals surface area contributed by atoms with E-state index in [1.165, 1.54) is 19.2 Å². The summed E-state index contributed by atoms with van der Waals surface area (Å²) in [6.07, 6.45) is 5.89. The zero-order chi connectivity index (χ0) is 15.8. The van der Waals surface area contributed by atoms with Crippen molar-refractivity contribution >= 4 is 5.91 Å². The summed E-state index contributed by atoms with van der Waals surface area (Å²) in [5.74, 6) is 0.614. The predicted octanol–water partition coefficient (Wildman–Crippen LogP) is 2.09. The minimum absolute atomic E-state index is 0.0796. The van der Waals surface area contributed by atoms with Crippen LogP contribution in [0.2, 0.25) is 0 Å². The van der Waals surface area contributed by atoms with Crippen molar-refractivity contribution in [2.24, 2.45) is 0 Å². The first-order valence-electron chi connectivity index (χ1n) is 8.11. The second-order valence-corrected chi connectivity index (χ2v) is 6.51. The Bertz CT molecular complexity index is 671. The van der Waals surface area contributed by atoms with E-state index in [4.69, 9.17) is 4.52 Å². The highest BCUT2D eigenvalue weighted by atomic mass is 16.5. The Balaban J connectivity index is 1.48. The molecule has 2 bridgehead atoms. The molecule has 1 N–H and O–H groups in total. The van der Waals surface area contributed by atoms with Crippen LogP contribution in [0.5, 0.6) is 0 Å². The SMILES string of the molecule is CN(C(=O)c1ccc(-c2ncon2)cc1)C1CC2CCC(C1)N2. The first-order chi connectivity index (χ1) is 11.2. The maximum absolute atomic E-state index is 12.7. The van der Waals surface area contributed by atoms with Crippen molar-refractivity contribution in [2.45, 2.75) is 43.8 Å². The monoisotopic (exact) mass is 312 g/mol. The van der Waals surface area contributed by atoms with Gasteiger partial charge in [0.2, 0.25) is 12.2 Å². The fourth-order valence-electron chi connectivity index (χ4n) is 3.77. The van der Waals surface area contributed by atoms with Gasteiger partial charge in [0.25, 0.3) is 5.91 Å². The highest BCUT2D eigenvalue weighted by molar-refractivity contribution is 5.94. The molecule has 0 aliphatic carbocycles. The van der Waals surface area contributed by atoms with E-state index < -0.39 is 0 Å². The molecule has 6 heteroatoms. The molecular formula is C17H20N4O2. The predicted molar refractivity (Wildman–Crippen MR) is 84.8 cm³/mol. The average molecular weight is 312 g/mol. The van der Waals surface area contributed by atoms with Crippen molar-refractivity contribution in [3.63, 3.8) is 0 Å². The molecule has 2 fully saturated rings. The van der Waals surface area contributed by atoms with Crippen molar-refractivity contribution in [1.82, 2.24) is 20.4 Å². The molecule has 2 aliphatic rings. The number of rotatable bonds is 3. The number of carbonyl (C=O) groups is 1. The van der Waals surface area contributed by atoms with E-state index in [0.717, 1.165) is 18.4 Å². The summed E-state index contributed by atoms with van der Waals surface area (Å²) in [5, 5.41) is 7.42. The molecule has 0 radical (unpaired) electrons. The largest absolute Gasteiger partial charge is 0.342 e. The molecule has 23 heavy (non-hydrogen) atoms. The summed E-state index contributed by atoms with van der Waals surface area (Å²) >= 11 is 0. The van der Waals surface area contributed by atoms with Crippen molar-refractivity contribution in [3.05, 3.63) is 36.2 Å². The number of nitrogens with one attached hydrogen (secondary N) is 1. The van der Waals surface area contributed by atoms with Gasteiger partial charge in [0, 0.05) is 36.3 Å². The van der Waals surface area contributed by atoms with Gasteiger partial charge in [-0.05, 0) is 37.8 Å². The van der Waals surface area contributed by atoms with E-state index in [1.807, 2.05) is 36.2 Å². The fourth-order valence-corrected chi connectivity index (χ4v) is 3.77. The number of amides is 1. The summed E-state index contributed by atoms with van der Waals surface area (Å²) < 4.78 is 4.75. The third-order valence-corrected chi connectivity index (χ3v) is 5.07. The van der Waals surface area contributed by atoms with Crippen molar-refractivity contribution in [3.8, 4) is 11.4 Å². The summed E-state index contributed by atoms with van der Waals surface area (Å²) in [6, 6.07) is 8.87. The number of nitrogens with zero attached hydrogens (tertiary/aromatic N) is 3. The second kappa shape index (κ2) is 5.77. The van der Waals surface area contributed by atoms with Crippen LogP contribution in [0.25, 0.3) is 11.4 Å². The minimum Gasteiger partial charge on any atom is -0.342 e. The maximum Gasteiger partial charge on any atom is 0.253 e. The molecule has 6 nitrogen and oxygen atoms in total. The Labute approximate surface area is 134 Å². The van der Waals surface area contributed by atoms with Gasteiger partial charge < -0.3 is 14.7 Å². The molecule has 1 aromatic carbocycles. The van der Waals surface area contributed by atoms with Crippen LogP contribution < -0.4 is 5.32 Å². The van der Waals surface area contributed by atoms with E-state index in [2.05, 4.69) is 15.5 Å². The van der Waals surface area contributed by atoms with Gasteiger partial charge in [0.15, 0.2) is 0 Å². The molecule has 1 aromatic heterocycles. The first-order valence-corrected chi connectivity index (χ1v) is 8.11. The lowest BCUT2D eigenvalue weighted by molar-refractivity contribution is 0.0681. The van der Waals surface area contributed by atoms with E-state index >= 15 is 0 Å². The van der Waals surface area contributed by atoms with Gasteiger partial charge in [0.05, 0.1) is 0 Å². The molecule has 2 atom stereocenters. The van der Waals surface area contributed by atoms with Crippen LogP contribution in [0, 0.1) is 0 Å². The van der Waals surface area contributed by atoms with Gasteiger partial charge in [-0.15, -0.1) is 0 Å². The fraction of sp³-hybridized carbons (Fsp3) is 0.471. The Morgan fingerprint density at radius 1 is 1.22 bits per heavy atom. The van der Waals surface area contributed by atoms with Crippen LogP contribution >= 0.6 is 0 Å². The molecular weight excluding hydrogens is 292 g/mol. The zero-order valence-electron chi connectivity index (χ0n) is 13.1. The van der Waals surface area contributed by atoms with Crippen LogP contribution in [0.4, 0.5) is 0 Å². The highest BCUT2D eigenvalue weighted by Crippen LogP contribution is 2.30. The summed E-state index contributed by atoms with van der Waals surface area (Å²) in [7, 11) is 1.92. The second-order valence-electron chi connectivity index (χ2n) is 6.51. The Morgan fingerprint density at radius 3 is 2.52 bits per heavy atom. The summed E-state index contributed by atoms with van der Waals surface area (Å²) in [6.45, 7) is 0. The topological polar surface area (TPSA) is 71.3 Å². The van der Waals surface area contributed by atoms with Gasteiger partial charge in [-0.3, -0.25) is 4.79 Å². The Morgan fingerprint density at radius 2 is 1.91 bits per heavy atom. The number of aromatic nitrogens is 2. The van der Waals surface area contributed by atoms with Crippen LogP contribution in [0.3, 0.4) is 0 Å². The van der Waals surface area contributed by atoms with Crippen LogP contribution in [0.1, 0.15) is 36.0 Å². The number of fused-ring (bicyclic) bond motifs is 2. The average Bonchev–Trinajstić information content (AvgIpc) is 3.23. The third kappa shape index (κ3) is 2.74. The van der Waals surface area contributed by atoms with Crippen LogP contribution in [0.15, 0.2) is 35.2 Å². The standard InChI is InChI=1S/C17H20N4O2/c1-21(15-8-13-6-7-14(9-15)19-13)17(22)12-4-2-11(3-5-12)16-18-10-23-20-16/h2-5,10,13-15,19H,6-9H2,1H3. The van der Waals surface area contributed by atoms with Crippen molar-refractivity contribution in [2.75, 3.05) is 7.05 Å². The summed E-state index contributed by atoms with van der Waals surface area (Å²) in [4.78, 5) is 18.7.